The van der Waals surface area contributed by atoms with Crippen molar-refractivity contribution in [1.82, 2.24) is 4.90 Å². The van der Waals surface area contributed by atoms with E-state index in [1.807, 2.05) is 6.07 Å². The van der Waals surface area contributed by atoms with Crippen molar-refractivity contribution >= 4 is 5.69 Å². The number of nitrogens with zero attached hydrogens (tertiary/aromatic N) is 1. The summed E-state index contributed by atoms with van der Waals surface area (Å²) >= 11 is 0. The average molecular weight is 224 g/mol. The highest BCUT2D eigenvalue weighted by atomic mass is 19.1. The maximum Gasteiger partial charge on any atom is 0.125 e. The van der Waals surface area contributed by atoms with Crippen LogP contribution in [0.1, 0.15) is 26.3 Å². The van der Waals surface area contributed by atoms with E-state index in [1.165, 1.54) is 6.07 Å². The summed E-state index contributed by atoms with van der Waals surface area (Å²) in [5.74, 6) is 0.362. The van der Waals surface area contributed by atoms with Gasteiger partial charge in [0.05, 0.1) is 0 Å². The zero-order valence-corrected chi connectivity index (χ0v) is 10.3. The maximum atomic E-state index is 13.1. The normalized spacial score (nSPS) is 11.4. The molecule has 0 fully saturated rings. The number of halogens is 1. The summed E-state index contributed by atoms with van der Waals surface area (Å²) in [4.78, 5) is 2.29. The summed E-state index contributed by atoms with van der Waals surface area (Å²) in [5.41, 5.74) is 7.06. The highest BCUT2D eigenvalue weighted by molar-refractivity contribution is 5.41. The van der Waals surface area contributed by atoms with Crippen LogP contribution < -0.4 is 5.73 Å². The summed E-state index contributed by atoms with van der Waals surface area (Å²) in [6.07, 6.45) is 0. The van der Waals surface area contributed by atoms with E-state index < -0.39 is 0 Å². The zero-order chi connectivity index (χ0) is 12.1. The molecule has 0 aliphatic heterocycles. The Morgan fingerprint density at radius 3 is 2.50 bits per heavy atom. The minimum Gasteiger partial charge on any atom is -0.399 e. The standard InChI is InChI=1S/C13H21FN2/c1-4-16(8-10(2)3)9-11-5-12(14)7-13(15)6-11/h5-7,10H,4,8-9,15H2,1-3H3. The van der Waals surface area contributed by atoms with Crippen LogP contribution in [0, 0.1) is 11.7 Å². The molecule has 0 heterocycles. The van der Waals surface area contributed by atoms with Crippen molar-refractivity contribution in [2.24, 2.45) is 5.92 Å². The first kappa shape index (κ1) is 13.0. The van der Waals surface area contributed by atoms with Crippen molar-refractivity contribution in [3.8, 4) is 0 Å². The van der Waals surface area contributed by atoms with Crippen molar-refractivity contribution in [3.05, 3.63) is 29.6 Å². The minimum atomic E-state index is -0.254. The van der Waals surface area contributed by atoms with Gasteiger partial charge in [0.2, 0.25) is 0 Å². The lowest BCUT2D eigenvalue weighted by Crippen LogP contribution is -2.27. The van der Waals surface area contributed by atoms with Crippen molar-refractivity contribution in [2.45, 2.75) is 27.3 Å². The van der Waals surface area contributed by atoms with Gasteiger partial charge in [0.25, 0.3) is 0 Å². The number of hydrogen-bond acceptors (Lipinski definition) is 2. The molecule has 0 spiro atoms. The molecule has 2 N–H and O–H groups in total. The van der Waals surface area contributed by atoms with Gasteiger partial charge >= 0.3 is 0 Å². The van der Waals surface area contributed by atoms with Crippen LogP contribution in [0.15, 0.2) is 18.2 Å². The lowest BCUT2D eigenvalue weighted by Gasteiger charge is -2.22. The molecule has 2 nitrogen and oxygen atoms in total. The Morgan fingerprint density at radius 1 is 1.31 bits per heavy atom. The lowest BCUT2D eigenvalue weighted by molar-refractivity contribution is 0.248. The molecule has 0 saturated heterocycles. The molecule has 0 saturated carbocycles. The second-order valence-corrected chi connectivity index (χ2v) is 4.61. The van der Waals surface area contributed by atoms with E-state index in [-0.39, 0.29) is 5.82 Å². The van der Waals surface area contributed by atoms with E-state index in [0.29, 0.717) is 11.6 Å². The van der Waals surface area contributed by atoms with Gasteiger partial charge in [-0.05, 0) is 36.2 Å². The number of benzene rings is 1. The fourth-order valence-corrected chi connectivity index (χ4v) is 1.85. The Hall–Kier alpha value is -1.09. The molecule has 0 radical (unpaired) electrons. The van der Waals surface area contributed by atoms with Crippen LogP contribution in [0.2, 0.25) is 0 Å². The quantitative estimate of drug-likeness (QED) is 0.779. The Labute approximate surface area is 97.3 Å². The molecule has 0 aromatic heterocycles. The Morgan fingerprint density at radius 2 is 2.00 bits per heavy atom. The first-order valence-corrected chi connectivity index (χ1v) is 5.78. The summed E-state index contributed by atoms with van der Waals surface area (Å²) in [5, 5.41) is 0. The van der Waals surface area contributed by atoms with Crippen LogP contribution in [0.5, 0.6) is 0 Å². The largest absolute Gasteiger partial charge is 0.399 e. The van der Waals surface area contributed by atoms with Crippen LogP contribution in [-0.4, -0.2) is 18.0 Å². The number of nitrogen functional groups attached to an aromatic ring is 1. The van der Waals surface area contributed by atoms with Crippen molar-refractivity contribution in [3.63, 3.8) is 0 Å². The molecule has 16 heavy (non-hydrogen) atoms. The molecule has 0 aliphatic rings. The third-order valence-electron chi connectivity index (χ3n) is 2.46. The fourth-order valence-electron chi connectivity index (χ4n) is 1.85. The van der Waals surface area contributed by atoms with Crippen LogP contribution in [0.3, 0.4) is 0 Å². The first-order chi connectivity index (χ1) is 7.51. The van der Waals surface area contributed by atoms with E-state index in [2.05, 4.69) is 25.7 Å². The number of anilines is 1. The highest BCUT2D eigenvalue weighted by Crippen LogP contribution is 2.13. The van der Waals surface area contributed by atoms with E-state index in [0.717, 1.165) is 25.2 Å². The number of rotatable bonds is 5. The van der Waals surface area contributed by atoms with Crippen LogP contribution in [0.25, 0.3) is 0 Å². The van der Waals surface area contributed by atoms with Gasteiger partial charge in [0, 0.05) is 18.8 Å². The molecule has 0 atom stereocenters. The summed E-state index contributed by atoms with van der Waals surface area (Å²) in [7, 11) is 0. The van der Waals surface area contributed by atoms with Crippen molar-refractivity contribution in [2.75, 3.05) is 18.8 Å². The van der Waals surface area contributed by atoms with E-state index >= 15 is 0 Å². The maximum absolute atomic E-state index is 13.1. The third kappa shape index (κ3) is 4.19. The fraction of sp³-hybridized carbons (Fsp3) is 0.538. The molecule has 1 aromatic carbocycles. The third-order valence-corrected chi connectivity index (χ3v) is 2.46. The van der Waals surface area contributed by atoms with Crippen LogP contribution in [0.4, 0.5) is 10.1 Å². The van der Waals surface area contributed by atoms with Crippen LogP contribution in [-0.2, 0) is 6.54 Å². The molecular weight excluding hydrogens is 203 g/mol. The molecule has 0 aliphatic carbocycles. The molecular formula is C13H21FN2. The Bertz CT molecular complexity index is 316. The van der Waals surface area contributed by atoms with E-state index in [4.69, 9.17) is 5.73 Å². The van der Waals surface area contributed by atoms with Crippen molar-refractivity contribution < 1.29 is 4.39 Å². The SMILES string of the molecule is CCN(Cc1cc(N)cc(F)c1)CC(C)C. The molecule has 90 valence electrons. The Balaban J connectivity index is 2.69. The van der Waals surface area contributed by atoms with Gasteiger partial charge < -0.3 is 5.73 Å². The summed E-state index contributed by atoms with van der Waals surface area (Å²) in [6.45, 7) is 9.23. The predicted octanol–water partition coefficient (Wildman–Crippen LogP) is 2.89. The van der Waals surface area contributed by atoms with Crippen LogP contribution >= 0.6 is 0 Å². The smallest absolute Gasteiger partial charge is 0.125 e. The molecule has 1 rings (SSSR count). The minimum absolute atomic E-state index is 0.254. The molecule has 3 heteroatoms. The number of nitrogens with two attached hydrogens (primary N) is 1. The summed E-state index contributed by atoms with van der Waals surface area (Å²) in [6, 6.07) is 4.74. The second kappa shape index (κ2) is 5.85. The highest BCUT2D eigenvalue weighted by Gasteiger charge is 2.07. The second-order valence-electron chi connectivity index (χ2n) is 4.61. The van der Waals surface area contributed by atoms with E-state index in [1.54, 1.807) is 6.07 Å². The average Bonchev–Trinajstić information content (AvgIpc) is 2.14. The van der Waals surface area contributed by atoms with Gasteiger partial charge in [0.1, 0.15) is 5.82 Å². The van der Waals surface area contributed by atoms with Crippen molar-refractivity contribution in [1.29, 1.82) is 0 Å². The molecule has 0 amide bonds. The Kier molecular flexibility index (Phi) is 4.74. The zero-order valence-electron chi connectivity index (χ0n) is 10.3. The number of hydrogen-bond donors (Lipinski definition) is 1. The van der Waals surface area contributed by atoms with Gasteiger partial charge in [-0.3, -0.25) is 4.90 Å². The van der Waals surface area contributed by atoms with Gasteiger partial charge in [-0.1, -0.05) is 20.8 Å². The molecule has 0 unspecified atom stereocenters. The predicted molar refractivity (Wildman–Crippen MR) is 66.6 cm³/mol. The lowest BCUT2D eigenvalue weighted by atomic mass is 10.1. The monoisotopic (exact) mass is 224 g/mol. The van der Waals surface area contributed by atoms with Gasteiger partial charge in [-0.2, -0.15) is 0 Å². The van der Waals surface area contributed by atoms with Gasteiger partial charge in [-0.15, -0.1) is 0 Å². The first-order valence-electron chi connectivity index (χ1n) is 5.78. The topological polar surface area (TPSA) is 29.3 Å². The van der Waals surface area contributed by atoms with Gasteiger partial charge in [0.15, 0.2) is 0 Å². The molecule has 0 bridgehead atoms. The van der Waals surface area contributed by atoms with E-state index in [9.17, 15) is 4.39 Å². The molecule has 1 aromatic rings. The summed E-state index contributed by atoms with van der Waals surface area (Å²) < 4.78 is 13.1. The van der Waals surface area contributed by atoms with Gasteiger partial charge in [-0.25, -0.2) is 4.39 Å².